The Kier molecular flexibility index (Phi) is 5.91. The van der Waals surface area contributed by atoms with Crippen molar-refractivity contribution < 1.29 is 24.1 Å². The number of ether oxygens (including phenoxy) is 3. The van der Waals surface area contributed by atoms with Gasteiger partial charge in [0.2, 0.25) is 5.88 Å². The highest BCUT2D eigenvalue weighted by Gasteiger charge is 2.04. The number of hydrogen-bond acceptors (Lipinski definition) is 6. The third kappa shape index (κ3) is 5.23. The van der Waals surface area contributed by atoms with Crippen LogP contribution in [0.4, 0.5) is 0 Å². The molecule has 0 aliphatic heterocycles. The molecule has 0 aromatic carbocycles. The number of rotatable bonds is 8. The molecule has 0 saturated heterocycles. The van der Waals surface area contributed by atoms with E-state index in [-0.39, 0.29) is 11.6 Å². The molecule has 0 amide bonds. The number of hydrogen-bond donors (Lipinski definition) is 1. The largest absolute Gasteiger partial charge is 0.476 e. The number of methoxy groups -OCH3 is 1. The summed E-state index contributed by atoms with van der Waals surface area (Å²) >= 11 is 0. The average molecular weight is 242 g/mol. The van der Waals surface area contributed by atoms with E-state index in [0.717, 1.165) is 6.20 Å². The Morgan fingerprint density at radius 2 is 2.00 bits per heavy atom. The van der Waals surface area contributed by atoms with Crippen molar-refractivity contribution in [3.63, 3.8) is 0 Å². The number of carboxylic acid groups (broad SMARTS) is 1. The normalized spacial score (nSPS) is 10.2. The molecule has 7 heteroatoms. The van der Waals surface area contributed by atoms with E-state index in [9.17, 15) is 4.79 Å². The Hall–Kier alpha value is -1.73. The number of carboxylic acids is 1. The van der Waals surface area contributed by atoms with Crippen LogP contribution in [0.3, 0.4) is 0 Å². The fourth-order valence-corrected chi connectivity index (χ4v) is 0.951. The van der Waals surface area contributed by atoms with Gasteiger partial charge >= 0.3 is 5.97 Å². The molecular formula is C10H14N2O5. The summed E-state index contributed by atoms with van der Waals surface area (Å²) in [5, 5.41) is 8.60. The highest BCUT2D eigenvalue weighted by molar-refractivity contribution is 5.84. The van der Waals surface area contributed by atoms with Gasteiger partial charge in [-0.15, -0.1) is 0 Å². The van der Waals surface area contributed by atoms with Gasteiger partial charge in [-0.1, -0.05) is 0 Å². The molecule has 0 unspecified atom stereocenters. The second-order valence-electron chi connectivity index (χ2n) is 3.00. The fraction of sp³-hybridized carbons (Fsp3) is 0.500. The predicted octanol–water partition coefficient (Wildman–Crippen LogP) is 0.217. The van der Waals surface area contributed by atoms with Crippen LogP contribution < -0.4 is 4.74 Å². The van der Waals surface area contributed by atoms with Crippen molar-refractivity contribution in [2.75, 3.05) is 33.5 Å². The zero-order chi connectivity index (χ0) is 12.5. The topological polar surface area (TPSA) is 90.8 Å². The molecule has 7 nitrogen and oxygen atoms in total. The molecule has 1 N–H and O–H groups in total. The zero-order valence-corrected chi connectivity index (χ0v) is 9.46. The van der Waals surface area contributed by atoms with Crippen LogP contribution in [0, 0.1) is 0 Å². The van der Waals surface area contributed by atoms with Gasteiger partial charge in [0.1, 0.15) is 6.61 Å². The van der Waals surface area contributed by atoms with Crippen molar-refractivity contribution in [3.05, 3.63) is 18.1 Å². The molecule has 1 aromatic rings. The van der Waals surface area contributed by atoms with Crippen LogP contribution in [-0.2, 0) is 9.47 Å². The summed E-state index contributed by atoms with van der Waals surface area (Å²) in [5.74, 6) is -0.850. The van der Waals surface area contributed by atoms with E-state index in [0.29, 0.717) is 26.4 Å². The van der Waals surface area contributed by atoms with E-state index < -0.39 is 5.97 Å². The molecule has 1 aromatic heterocycles. The molecule has 0 aliphatic rings. The average Bonchev–Trinajstić information content (AvgIpc) is 2.34. The van der Waals surface area contributed by atoms with Gasteiger partial charge in [0.05, 0.1) is 32.2 Å². The van der Waals surface area contributed by atoms with Crippen molar-refractivity contribution in [2.45, 2.75) is 0 Å². The zero-order valence-electron chi connectivity index (χ0n) is 9.46. The van der Waals surface area contributed by atoms with Crippen molar-refractivity contribution >= 4 is 5.97 Å². The number of aromatic carboxylic acids is 1. The van der Waals surface area contributed by atoms with E-state index in [1.54, 1.807) is 7.11 Å². The minimum Gasteiger partial charge on any atom is -0.476 e. The minimum absolute atomic E-state index is 0.117. The maximum atomic E-state index is 10.5. The third-order valence-corrected chi connectivity index (χ3v) is 1.76. The molecule has 1 heterocycles. The van der Waals surface area contributed by atoms with E-state index in [1.807, 2.05) is 0 Å². The first-order chi connectivity index (χ1) is 8.24. The lowest BCUT2D eigenvalue weighted by atomic mass is 10.5. The smallest absolute Gasteiger partial charge is 0.356 e. The highest BCUT2D eigenvalue weighted by atomic mass is 16.5. The monoisotopic (exact) mass is 242 g/mol. The van der Waals surface area contributed by atoms with Gasteiger partial charge in [0.25, 0.3) is 0 Å². The van der Waals surface area contributed by atoms with Crippen LogP contribution in [0.25, 0.3) is 0 Å². The molecule has 1 rings (SSSR count). The van der Waals surface area contributed by atoms with E-state index in [4.69, 9.17) is 19.3 Å². The van der Waals surface area contributed by atoms with Crippen molar-refractivity contribution in [1.29, 1.82) is 0 Å². The van der Waals surface area contributed by atoms with Crippen LogP contribution in [0.15, 0.2) is 12.4 Å². The minimum atomic E-state index is -1.12. The molecule has 0 spiro atoms. The molecule has 94 valence electrons. The molecule has 0 fully saturated rings. The van der Waals surface area contributed by atoms with Gasteiger partial charge in [-0.05, 0) is 0 Å². The van der Waals surface area contributed by atoms with Gasteiger partial charge in [0.15, 0.2) is 5.69 Å². The van der Waals surface area contributed by atoms with Gasteiger partial charge in [0, 0.05) is 7.11 Å². The molecule has 0 atom stereocenters. The number of nitrogens with zero attached hydrogens (tertiary/aromatic N) is 2. The summed E-state index contributed by atoms with van der Waals surface area (Å²) in [6.45, 7) is 1.77. The molecule has 0 aliphatic carbocycles. The van der Waals surface area contributed by atoms with Crippen LogP contribution in [0.1, 0.15) is 10.5 Å². The Morgan fingerprint density at radius 1 is 1.24 bits per heavy atom. The lowest BCUT2D eigenvalue weighted by molar-refractivity contribution is 0.0535. The summed E-state index contributed by atoms with van der Waals surface area (Å²) in [7, 11) is 1.60. The highest BCUT2D eigenvalue weighted by Crippen LogP contribution is 2.03. The predicted molar refractivity (Wildman–Crippen MR) is 57.2 cm³/mol. The van der Waals surface area contributed by atoms with E-state index in [2.05, 4.69) is 9.97 Å². The standard InChI is InChI=1S/C10H14N2O5/c1-15-2-3-16-4-5-17-9-7-11-8(6-12-9)10(13)14/h6-7H,2-5H2,1H3,(H,13,14). The van der Waals surface area contributed by atoms with E-state index >= 15 is 0 Å². The van der Waals surface area contributed by atoms with Crippen molar-refractivity contribution in [3.8, 4) is 5.88 Å². The van der Waals surface area contributed by atoms with Crippen LogP contribution in [-0.4, -0.2) is 54.6 Å². The molecule has 0 radical (unpaired) electrons. The number of aromatic nitrogens is 2. The summed E-state index contributed by atoms with van der Waals surface area (Å²) in [4.78, 5) is 17.9. The Balaban J connectivity index is 2.21. The summed E-state index contributed by atoms with van der Waals surface area (Å²) in [6, 6.07) is 0. The second-order valence-corrected chi connectivity index (χ2v) is 3.00. The quantitative estimate of drug-likeness (QED) is 0.652. The van der Waals surface area contributed by atoms with Gasteiger partial charge in [-0.25, -0.2) is 14.8 Å². The maximum absolute atomic E-state index is 10.5. The first kappa shape index (κ1) is 13.3. The van der Waals surface area contributed by atoms with Crippen molar-refractivity contribution in [1.82, 2.24) is 9.97 Å². The lowest BCUT2D eigenvalue weighted by Gasteiger charge is -2.05. The molecule has 0 saturated carbocycles. The van der Waals surface area contributed by atoms with Crippen LogP contribution >= 0.6 is 0 Å². The second kappa shape index (κ2) is 7.53. The van der Waals surface area contributed by atoms with E-state index in [1.165, 1.54) is 6.20 Å². The van der Waals surface area contributed by atoms with Gasteiger partial charge in [-0.2, -0.15) is 0 Å². The lowest BCUT2D eigenvalue weighted by Crippen LogP contribution is -2.11. The molecule has 17 heavy (non-hydrogen) atoms. The molecule has 0 bridgehead atoms. The van der Waals surface area contributed by atoms with Gasteiger partial charge in [-0.3, -0.25) is 0 Å². The first-order valence-electron chi connectivity index (χ1n) is 4.99. The first-order valence-corrected chi connectivity index (χ1v) is 4.99. The Morgan fingerprint density at radius 3 is 2.59 bits per heavy atom. The van der Waals surface area contributed by atoms with Crippen molar-refractivity contribution in [2.24, 2.45) is 0 Å². The van der Waals surface area contributed by atoms with Crippen LogP contribution in [0.2, 0.25) is 0 Å². The summed E-state index contributed by atoms with van der Waals surface area (Å²) in [6.07, 6.45) is 2.40. The Labute approximate surface area is 98.4 Å². The SMILES string of the molecule is COCCOCCOc1cnc(C(=O)O)cn1. The fourth-order valence-electron chi connectivity index (χ4n) is 0.951. The number of carbonyl (C=O) groups is 1. The Bertz CT molecular complexity index is 341. The maximum Gasteiger partial charge on any atom is 0.356 e. The summed E-state index contributed by atoms with van der Waals surface area (Å²) in [5.41, 5.74) is -0.117. The summed E-state index contributed by atoms with van der Waals surface area (Å²) < 4.78 is 15.2. The molecular weight excluding hydrogens is 228 g/mol. The third-order valence-electron chi connectivity index (χ3n) is 1.76. The van der Waals surface area contributed by atoms with Gasteiger partial charge < -0.3 is 19.3 Å². The van der Waals surface area contributed by atoms with Crippen LogP contribution in [0.5, 0.6) is 5.88 Å².